The van der Waals surface area contributed by atoms with Crippen molar-refractivity contribution in [2.45, 2.75) is 33.0 Å². The predicted octanol–water partition coefficient (Wildman–Crippen LogP) is 3.30. The van der Waals surface area contributed by atoms with Crippen LogP contribution >= 0.6 is 0 Å². The maximum Gasteiger partial charge on any atom is 0.142 e. The molecule has 0 atom stereocenters. The van der Waals surface area contributed by atoms with Crippen LogP contribution in [-0.4, -0.2) is 11.0 Å². The number of nitrogens with zero attached hydrogens (tertiary/aromatic N) is 1. The topological polar surface area (TPSA) is 34.2 Å². The molecule has 1 aromatic heterocycles. The van der Waals surface area contributed by atoms with Crippen LogP contribution in [0.4, 0.5) is 4.39 Å². The molecule has 20 heavy (non-hydrogen) atoms. The minimum absolute atomic E-state index is 0.201. The van der Waals surface area contributed by atoms with Crippen LogP contribution in [0.3, 0.4) is 0 Å². The standard InChI is InChI=1S/C16H19FN2O/c1-12(2)19-9-13-7-8-18-10-16(13)20-11-14-5-3-4-6-15(14)17/h3-8,10,12,19H,9,11H2,1-2H3. The Hall–Kier alpha value is -1.94. The van der Waals surface area contributed by atoms with Crippen molar-refractivity contribution in [2.75, 3.05) is 0 Å². The molecule has 4 heteroatoms. The molecule has 0 spiro atoms. The van der Waals surface area contributed by atoms with Crippen LogP contribution in [0, 0.1) is 5.82 Å². The number of benzene rings is 1. The van der Waals surface area contributed by atoms with Crippen LogP contribution in [-0.2, 0) is 13.2 Å². The lowest BCUT2D eigenvalue weighted by molar-refractivity contribution is 0.294. The van der Waals surface area contributed by atoms with Gasteiger partial charge in [-0.05, 0) is 12.1 Å². The van der Waals surface area contributed by atoms with E-state index in [1.165, 1.54) is 6.07 Å². The van der Waals surface area contributed by atoms with Crippen LogP contribution < -0.4 is 10.1 Å². The highest BCUT2D eigenvalue weighted by Crippen LogP contribution is 2.18. The molecule has 0 unspecified atom stereocenters. The first-order valence-corrected chi connectivity index (χ1v) is 6.69. The molecule has 0 aliphatic carbocycles. The zero-order valence-electron chi connectivity index (χ0n) is 11.8. The minimum atomic E-state index is -0.252. The maximum atomic E-state index is 13.5. The van der Waals surface area contributed by atoms with Crippen LogP contribution in [0.5, 0.6) is 5.75 Å². The highest BCUT2D eigenvalue weighted by Gasteiger charge is 2.06. The van der Waals surface area contributed by atoms with Crippen molar-refractivity contribution in [3.8, 4) is 5.75 Å². The van der Waals surface area contributed by atoms with E-state index in [1.54, 1.807) is 30.6 Å². The van der Waals surface area contributed by atoms with Gasteiger partial charge in [0.15, 0.2) is 0 Å². The van der Waals surface area contributed by atoms with E-state index < -0.39 is 0 Å². The molecule has 1 aromatic carbocycles. The van der Waals surface area contributed by atoms with Gasteiger partial charge in [0.05, 0.1) is 6.20 Å². The first-order valence-electron chi connectivity index (χ1n) is 6.69. The number of hydrogen-bond acceptors (Lipinski definition) is 3. The number of halogens is 1. The average Bonchev–Trinajstić information content (AvgIpc) is 2.45. The Morgan fingerprint density at radius 2 is 2.00 bits per heavy atom. The molecule has 0 bridgehead atoms. The van der Waals surface area contributed by atoms with Gasteiger partial charge in [0.1, 0.15) is 18.2 Å². The van der Waals surface area contributed by atoms with E-state index in [0.717, 1.165) is 5.56 Å². The number of pyridine rings is 1. The molecular formula is C16H19FN2O. The second kappa shape index (κ2) is 7.01. The van der Waals surface area contributed by atoms with Gasteiger partial charge in [0, 0.05) is 29.9 Å². The van der Waals surface area contributed by atoms with Crippen molar-refractivity contribution in [3.05, 3.63) is 59.7 Å². The van der Waals surface area contributed by atoms with E-state index in [9.17, 15) is 4.39 Å². The van der Waals surface area contributed by atoms with Crippen molar-refractivity contribution in [3.63, 3.8) is 0 Å². The highest BCUT2D eigenvalue weighted by atomic mass is 19.1. The molecule has 0 aliphatic rings. The number of nitrogens with one attached hydrogen (secondary N) is 1. The molecule has 0 fully saturated rings. The van der Waals surface area contributed by atoms with Gasteiger partial charge < -0.3 is 10.1 Å². The number of hydrogen-bond donors (Lipinski definition) is 1. The van der Waals surface area contributed by atoms with E-state index in [-0.39, 0.29) is 12.4 Å². The lowest BCUT2D eigenvalue weighted by atomic mass is 10.2. The summed E-state index contributed by atoms with van der Waals surface area (Å²) in [5.74, 6) is 0.433. The molecule has 1 heterocycles. The molecule has 3 nitrogen and oxygen atoms in total. The van der Waals surface area contributed by atoms with Crippen molar-refractivity contribution < 1.29 is 9.13 Å². The summed E-state index contributed by atoms with van der Waals surface area (Å²) in [4.78, 5) is 4.06. The van der Waals surface area contributed by atoms with E-state index in [1.807, 2.05) is 6.07 Å². The lowest BCUT2D eigenvalue weighted by Gasteiger charge is -2.13. The van der Waals surface area contributed by atoms with Gasteiger partial charge in [0.25, 0.3) is 0 Å². The molecule has 0 saturated heterocycles. The average molecular weight is 274 g/mol. The van der Waals surface area contributed by atoms with Gasteiger partial charge in [-0.15, -0.1) is 0 Å². The third kappa shape index (κ3) is 4.03. The summed E-state index contributed by atoms with van der Waals surface area (Å²) in [6.07, 6.45) is 3.39. The minimum Gasteiger partial charge on any atom is -0.487 e. The Bertz CT molecular complexity index is 558. The van der Waals surface area contributed by atoms with Gasteiger partial charge in [0.2, 0.25) is 0 Å². The summed E-state index contributed by atoms with van der Waals surface area (Å²) >= 11 is 0. The Kier molecular flexibility index (Phi) is 5.07. The number of aromatic nitrogens is 1. The summed E-state index contributed by atoms with van der Waals surface area (Å²) in [5.41, 5.74) is 1.56. The lowest BCUT2D eigenvalue weighted by Crippen LogP contribution is -2.22. The number of rotatable bonds is 6. The van der Waals surface area contributed by atoms with Gasteiger partial charge in [-0.2, -0.15) is 0 Å². The first-order chi connectivity index (χ1) is 9.66. The zero-order valence-corrected chi connectivity index (χ0v) is 11.8. The van der Waals surface area contributed by atoms with E-state index in [4.69, 9.17) is 4.74 Å². The SMILES string of the molecule is CC(C)NCc1ccncc1OCc1ccccc1F. The van der Waals surface area contributed by atoms with Gasteiger partial charge in [-0.25, -0.2) is 4.39 Å². The Morgan fingerprint density at radius 1 is 1.20 bits per heavy atom. The normalized spacial score (nSPS) is 10.8. The Morgan fingerprint density at radius 3 is 2.75 bits per heavy atom. The van der Waals surface area contributed by atoms with Crippen LogP contribution in [0.1, 0.15) is 25.0 Å². The van der Waals surface area contributed by atoms with Gasteiger partial charge in [-0.3, -0.25) is 4.98 Å². The molecule has 2 aromatic rings. The predicted molar refractivity (Wildman–Crippen MR) is 76.9 cm³/mol. The van der Waals surface area contributed by atoms with Crippen LogP contribution in [0.15, 0.2) is 42.7 Å². The summed E-state index contributed by atoms with van der Waals surface area (Å²) in [5, 5.41) is 3.33. The molecule has 0 saturated carbocycles. The smallest absolute Gasteiger partial charge is 0.142 e. The molecule has 0 amide bonds. The van der Waals surface area contributed by atoms with Crippen molar-refractivity contribution >= 4 is 0 Å². The maximum absolute atomic E-state index is 13.5. The van der Waals surface area contributed by atoms with E-state index >= 15 is 0 Å². The van der Waals surface area contributed by atoms with Crippen LogP contribution in [0.25, 0.3) is 0 Å². The summed E-state index contributed by atoms with van der Waals surface area (Å²) in [7, 11) is 0. The molecule has 106 valence electrons. The third-order valence-electron chi connectivity index (χ3n) is 2.91. The second-order valence-electron chi connectivity index (χ2n) is 4.90. The fourth-order valence-corrected chi connectivity index (χ4v) is 1.77. The Balaban J connectivity index is 2.04. The summed E-state index contributed by atoms with van der Waals surface area (Å²) in [6, 6.07) is 8.92. The molecular weight excluding hydrogens is 255 g/mol. The largest absolute Gasteiger partial charge is 0.487 e. The van der Waals surface area contributed by atoms with Crippen LogP contribution in [0.2, 0.25) is 0 Å². The van der Waals surface area contributed by atoms with Crippen molar-refractivity contribution in [1.29, 1.82) is 0 Å². The van der Waals surface area contributed by atoms with E-state index in [0.29, 0.717) is 23.9 Å². The molecule has 0 aliphatic heterocycles. The molecule has 0 radical (unpaired) electrons. The zero-order chi connectivity index (χ0) is 14.4. The second-order valence-corrected chi connectivity index (χ2v) is 4.90. The quantitative estimate of drug-likeness (QED) is 0.877. The fourth-order valence-electron chi connectivity index (χ4n) is 1.77. The summed E-state index contributed by atoms with van der Waals surface area (Å²) in [6.45, 7) is 5.07. The fraction of sp³-hybridized carbons (Fsp3) is 0.312. The third-order valence-corrected chi connectivity index (χ3v) is 2.91. The van der Waals surface area contributed by atoms with Gasteiger partial charge >= 0.3 is 0 Å². The Labute approximate surface area is 118 Å². The number of ether oxygens (including phenoxy) is 1. The highest BCUT2D eigenvalue weighted by molar-refractivity contribution is 5.30. The summed E-state index contributed by atoms with van der Waals surface area (Å²) < 4.78 is 19.2. The monoisotopic (exact) mass is 274 g/mol. The van der Waals surface area contributed by atoms with Crippen molar-refractivity contribution in [2.24, 2.45) is 0 Å². The van der Waals surface area contributed by atoms with Crippen molar-refractivity contribution in [1.82, 2.24) is 10.3 Å². The van der Waals surface area contributed by atoms with Gasteiger partial charge in [-0.1, -0.05) is 32.0 Å². The van der Waals surface area contributed by atoms with E-state index in [2.05, 4.69) is 24.1 Å². The first kappa shape index (κ1) is 14.5. The molecule has 1 N–H and O–H groups in total. The molecule has 2 rings (SSSR count).